The van der Waals surface area contributed by atoms with Gasteiger partial charge in [0.2, 0.25) is 6.29 Å². The monoisotopic (exact) mass is 940 g/mol. The van der Waals surface area contributed by atoms with E-state index in [2.05, 4.69) is 33.4 Å². The third kappa shape index (κ3) is 7.57. The standard InChI is InChI=1S/C47H72O19/c1-19-10-13-47(42(60)66-40-32(55)30(53)28(51)24(18-48)62-40)15-14-45(6)21(22(47)16-19)8-9-26-44(5)17-23(49)37(43(3,4)25(44)11-12-46(26,45)7)65-41-34(57)35(33(56)36(64-41)38(58)59)63-39-31(54)29(52)27(50)20(2)61-39/h8,20,22-37,39-41,48-57H,1,9-18H2,2-7H3,(H,58,59)/t20-,22-,23+,24+,25?,26?,27-,28+,29+,30-,31+,32+,33-,34+,35-,36-,37+,39-,40-,41-,44-,45+,46+,47-/m0/s1. The van der Waals surface area contributed by atoms with Gasteiger partial charge in [-0.3, -0.25) is 4.79 Å². The average Bonchev–Trinajstić information content (AvgIpc) is 3.25. The summed E-state index contributed by atoms with van der Waals surface area (Å²) in [4.78, 5) is 26.9. The summed E-state index contributed by atoms with van der Waals surface area (Å²) in [5, 5.41) is 118. The number of carbonyl (C=O) groups is 2. The van der Waals surface area contributed by atoms with Gasteiger partial charge in [0.05, 0.1) is 30.3 Å². The number of allylic oxidation sites excluding steroid dienone is 3. The number of hydrogen-bond acceptors (Lipinski definition) is 18. The highest BCUT2D eigenvalue weighted by atomic mass is 16.7. The number of ether oxygens (including phenoxy) is 6. The highest BCUT2D eigenvalue weighted by Crippen LogP contribution is 2.75. The average molecular weight is 941 g/mol. The van der Waals surface area contributed by atoms with Crippen molar-refractivity contribution >= 4 is 11.9 Å². The lowest BCUT2D eigenvalue weighted by atomic mass is 9.33. The zero-order valence-corrected chi connectivity index (χ0v) is 38.6. The lowest BCUT2D eigenvalue weighted by Crippen LogP contribution is -2.69. The number of carbonyl (C=O) groups excluding carboxylic acids is 1. The summed E-state index contributed by atoms with van der Waals surface area (Å²) >= 11 is 0. The first-order valence-electron chi connectivity index (χ1n) is 23.6. The minimum Gasteiger partial charge on any atom is -0.479 e. The zero-order chi connectivity index (χ0) is 48.4. The van der Waals surface area contributed by atoms with Gasteiger partial charge >= 0.3 is 11.9 Å². The van der Waals surface area contributed by atoms with Crippen LogP contribution in [0, 0.1) is 44.8 Å². The van der Waals surface area contributed by atoms with Crippen LogP contribution in [0.1, 0.15) is 99.3 Å². The van der Waals surface area contributed by atoms with E-state index in [4.69, 9.17) is 28.4 Å². The number of aliphatic hydroxyl groups is 10. The Morgan fingerprint density at radius 3 is 2.08 bits per heavy atom. The summed E-state index contributed by atoms with van der Waals surface area (Å²) in [5.74, 6) is -2.45. The van der Waals surface area contributed by atoms with Crippen LogP contribution in [-0.2, 0) is 38.0 Å². The van der Waals surface area contributed by atoms with Gasteiger partial charge in [-0.15, -0.1) is 0 Å². The Kier molecular flexibility index (Phi) is 13.4. The molecule has 2 unspecified atom stereocenters. The number of aliphatic hydroxyl groups excluding tert-OH is 10. The maximum atomic E-state index is 14.5. The fourth-order valence-corrected chi connectivity index (χ4v) is 14.7. The smallest absolute Gasteiger partial charge is 0.335 e. The first-order chi connectivity index (χ1) is 30.8. The van der Waals surface area contributed by atoms with Gasteiger partial charge in [-0.2, -0.15) is 0 Å². The van der Waals surface area contributed by atoms with Crippen molar-refractivity contribution in [3.05, 3.63) is 23.8 Å². The van der Waals surface area contributed by atoms with Crippen LogP contribution in [-0.4, -0.2) is 179 Å². The van der Waals surface area contributed by atoms with Crippen molar-refractivity contribution in [2.24, 2.45) is 44.8 Å². The number of esters is 1. The van der Waals surface area contributed by atoms with Crippen LogP contribution in [0.4, 0.5) is 0 Å². The maximum Gasteiger partial charge on any atom is 0.335 e. The van der Waals surface area contributed by atoms with E-state index in [1.165, 1.54) is 6.92 Å². The molecule has 7 fully saturated rings. The normalized spacial score (nSPS) is 53.6. The molecule has 0 spiro atoms. The van der Waals surface area contributed by atoms with Crippen LogP contribution in [0.5, 0.6) is 0 Å². The Balaban J connectivity index is 1.04. The predicted molar refractivity (Wildman–Crippen MR) is 226 cm³/mol. The van der Waals surface area contributed by atoms with Crippen molar-refractivity contribution in [2.75, 3.05) is 6.61 Å². The molecule has 8 aliphatic rings. The van der Waals surface area contributed by atoms with Crippen molar-refractivity contribution in [1.29, 1.82) is 0 Å². The lowest BCUT2D eigenvalue weighted by molar-refractivity contribution is -0.368. The Labute approximate surface area is 384 Å². The summed E-state index contributed by atoms with van der Waals surface area (Å²) in [7, 11) is 0. The first kappa shape index (κ1) is 50.2. The van der Waals surface area contributed by atoms with Crippen LogP contribution in [0.25, 0.3) is 0 Å². The summed E-state index contributed by atoms with van der Waals surface area (Å²) < 4.78 is 35.0. The van der Waals surface area contributed by atoms with E-state index in [-0.39, 0.29) is 29.6 Å². The minimum atomic E-state index is -1.98. The molecule has 19 heteroatoms. The number of carboxylic acid groups (broad SMARTS) is 1. The first-order valence-corrected chi connectivity index (χ1v) is 23.6. The molecule has 3 heterocycles. The number of carboxylic acids is 1. The molecule has 0 aromatic heterocycles. The van der Waals surface area contributed by atoms with E-state index < -0.39 is 145 Å². The van der Waals surface area contributed by atoms with Gasteiger partial charge in [-0.25, -0.2) is 4.79 Å². The van der Waals surface area contributed by atoms with E-state index in [1.54, 1.807) is 0 Å². The van der Waals surface area contributed by atoms with Gasteiger partial charge in [-0.1, -0.05) is 58.4 Å². The third-order valence-electron chi connectivity index (χ3n) is 18.6. The Hall–Kier alpha value is -2.18. The summed E-state index contributed by atoms with van der Waals surface area (Å²) in [5.41, 5.74) is -0.813. The molecule has 0 amide bonds. The molecular formula is C47H72O19. The number of rotatable bonds is 8. The van der Waals surface area contributed by atoms with Crippen molar-refractivity contribution < 1.29 is 94.2 Å². The van der Waals surface area contributed by atoms with E-state index in [9.17, 15) is 65.8 Å². The second kappa shape index (κ2) is 17.6. The van der Waals surface area contributed by atoms with Crippen molar-refractivity contribution in [1.82, 2.24) is 0 Å². The van der Waals surface area contributed by atoms with Gasteiger partial charge in [-0.05, 0) is 98.2 Å². The van der Waals surface area contributed by atoms with E-state index in [0.717, 1.165) is 17.6 Å². The second-order valence-electron chi connectivity index (χ2n) is 22.2. The quantitative estimate of drug-likeness (QED) is 0.0850. The van der Waals surface area contributed by atoms with Gasteiger partial charge < -0.3 is 84.6 Å². The Morgan fingerprint density at radius 2 is 1.41 bits per heavy atom. The van der Waals surface area contributed by atoms with Crippen LogP contribution in [0.3, 0.4) is 0 Å². The Bertz CT molecular complexity index is 1890. The maximum absolute atomic E-state index is 14.5. The molecule has 66 heavy (non-hydrogen) atoms. The molecule has 19 nitrogen and oxygen atoms in total. The molecule has 374 valence electrons. The number of fused-ring (bicyclic) bond motifs is 7. The topological polar surface area (TPSA) is 312 Å². The number of hydrogen-bond donors (Lipinski definition) is 11. The molecule has 3 saturated heterocycles. The SMILES string of the molecule is C=C1CC[C@]2(C(=O)O[C@@H]3O[C@H](CO)[C@@H](O)[C@H](O)[C@H]3O)CC[C@]3(C)C(=CCC4[C@@]5(C)C[C@@H](O)[C@@H](O[C@@H]6O[C@H](C(=O)O)[C@@H](O)[C@H](O[C@@H]7O[C@@H](C)[C@H](O)[C@@H](O)[C@H]7O)[C@H]6O)C(C)(C)C5CC[C@]43C)[C@@H]2C1. The zero-order valence-electron chi connectivity index (χ0n) is 38.6. The fourth-order valence-electron chi connectivity index (χ4n) is 14.7. The lowest BCUT2D eigenvalue weighted by Gasteiger charge is -2.71. The predicted octanol–water partition coefficient (Wildman–Crippen LogP) is -0.239. The van der Waals surface area contributed by atoms with Crippen molar-refractivity contribution in [3.8, 4) is 0 Å². The summed E-state index contributed by atoms with van der Waals surface area (Å²) in [6.45, 7) is 15.9. The van der Waals surface area contributed by atoms with Gasteiger partial charge in [0, 0.05) is 5.92 Å². The van der Waals surface area contributed by atoms with Crippen LogP contribution >= 0.6 is 0 Å². The molecule has 8 rings (SSSR count). The van der Waals surface area contributed by atoms with Crippen LogP contribution in [0.15, 0.2) is 23.8 Å². The van der Waals surface area contributed by atoms with E-state index in [1.807, 2.05) is 13.8 Å². The highest BCUT2D eigenvalue weighted by molar-refractivity contribution is 5.79. The third-order valence-corrected chi connectivity index (χ3v) is 18.6. The molecule has 0 radical (unpaired) electrons. The van der Waals surface area contributed by atoms with E-state index in [0.29, 0.717) is 44.9 Å². The molecule has 0 aromatic rings. The summed E-state index contributed by atoms with van der Waals surface area (Å²) in [6, 6.07) is 0. The molecule has 0 aromatic carbocycles. The van der Waals surface area contributed by atoms with Gasteiger partial charge in [0.1, 0.15) is 61.0 Å². The molecule has 5 aliphatic carbocycles. The van der Waals surface area contributed by atoms with Crippen LogP contribution in [0.2, 0.25) is 0 Å². The molecule has 3 aliphatic heterocycles. The van der Waals surface area contributed by atoms with Gasteiger partial charge in [0.25, 0.3) is 0 Å². The highest BCUT2D eigenvalue weighted by Gasteiger charge is 2.71. The second-order valence-corrected chi connectivity index (χ2v) is 22.2. The van der Waals surface area contributed by atoms with E-state index >= 15 is 0 Å². The molecular weight excluding hydrogens is 868 g/mol. The molecule has 4 saturated carbocycles. The van der Waals surface area contributed by atoms with Crippen molar-refractivity contribution in [3.63, 3.8) is 0 Å². The van der Waals surface area contributed by atoms with Gasteiger partial charge in [0.15, 0.2) is 18.7 Å². The fraction of sp³-hybridized carbons (Fsp3) is 0.872. The summed E-state index contributed by atoms with van der Waals surface area (Å²) in [6.07, 6.45) is -19.6. The Morgan fingerprint density at radius 1 is 0.758 bits per heavy atom. The molecule has 11 N–H and O–H groups in total. The largest absolute Gasteiger partial charge is 0.479 e. The number of aliphatic carboxylic acids is 1. The molecule has 24 atom stereocenters. The van der Waals surface area contributed by atoms with Crippen molar-refractivity contribution in [2.45, 2.75) is 204 Å². The molecule has 0 bridgehead atoms. The van der Waals surface area contributed by atoms with Crippen LogP contribution < -0.4 is 0 Å². The minimum absolute atomic E-state index is 0.0479.